The highest BCUT2D eigenvalue weighted by atomic mass is 16.6. The van der Waals surface area contributed by atoms with Crippen molar-refractivity contribution in [1.29, 1.82) is 0 Å². The number of nitrogen functional groups attached to an aromatic ring is 1. The van der Waals surface area contributed by atoms with Crippen molar-refractivity contribution in [2.75, 3.05) is 17.2 Å². The van der Waals surface area contributed by atoms with E-state index in [-0.39, 0.29) is 28.9 Å². The van der Waals surface area contributed by atoms with Crippen LogP contribution in [0.3, 0.4) is 0 Å². The molecule has 8 heteroatoms. The summed E-state index contributed by atoms with van der Waals surface area (Å²) >= 11 is 0. The van der Waals surface area contributed by atoms with Gasteiger partial charge in [-0.05, 0) is 31.0 Å². The summed E-state index contributed by atoms with van der Waals surface area (Å²) in [5.41, 5.74) is 7.25. The van der Waals surface area contributed by atoms with Gasteiger partial charge in [0.15, 0.2) is 6.61 Å². The van der Waals surface area contributed by atoms with Crippen LogP contribution in [0.25, 0.3) is 0 Å². The van der Waals surface area contributed by atoms with Gasteiger partial charge in [0.1, 0.15) is 0 Å². The molecule has 1 amide bonds. The van der Waals surface area contributed by atoms with Gasteiger partial charge in [0, 0.05) is 23.9 Å². The lowest BCUT2D eigenvalue weighted by molar-refractivity contribution is -0.384. The number of nitro groups is 1. The Morgan fingerprint density at radius 3 is 2.73 bits per heavy atom. The molecule has 0 bridgehead atoms. The van der Waals surface area contributed by atoms with E-state index in [1.807, 2.05) is 31.2 Å². The summed E-state index contributed by atoms with van der Waals surface area (Å²) in [6.07, 6.45) is 0.741. The Morgan fingerprint density at radius 1 is 1.31 bits per heavy atom. The minimum Gasteiger partial charge on any atom is -0.452 e. The molecule has 1 aliphatic rings. The van der Waals surface area contributed by atoms with E-state index < -0.39 is 17.5 Å². The molecule has 0 saturated heterocycles. The second kappa shape index (κ2) is 6.83. The van der Waals surface area contributed by atoms with Crippen LogP contribution < -0.4 is 10.6 Å². The number of hydrogen-bond donors (Lipinski definition) is 1. The molecule has 0 radical (unpaired) electrons. The minimum absolute atomic E-state index is 0.0155. The maximum absolute atomic E-state index is 12.5. The summed E-state index contributed by atoms with van der Waals surface area (Å²) < 4.78 is 5.07. The standard InChI is InChI=1S/C18H17N3O5/c1-11-8-12-4-2-3-5-16(12)20(11)17(22)10-26-18(23)14-7-6-13(21(24)25)9-15(14)19/h2-7,9,11H,8,10,19H2,1H3. The van der Waals surface area contributed by atoms with Gasteiger partial charge < -0.3 is 15.4 Å². The zero-order valence-corrected chi connectivity index (χ0v) is 14.0. The predicted molar refractivity (Wildman–Crippen MR) is 94.9 cm³/mol. The van der Waals surface area contributed by atoms with Crippen molar-refractivity contribution >= 4 is 28.9 Å². The van der Waals surface area contributed by atoms with E-state index in [9.17, 15) is 19.7 Å². The zero-order chi connectivity index (χ0) is 18.8. The third-order valence-corrected chi connectivity index (χ3v) is 4.27. The second-order valence-electron chi connectivity index (χ2n) is 6.05. The number of fused-ring (bicyclic) bond motifs is 1. The van der Waals surface area contributed by atoms with Gasteiger partial charge in [0.05, 0.1) is 16.2 Å². The maximum Gasteiger partial charge on any atom is 0.340 e. The molecule has 1 aliphatic heterocycles. The van der Waals surface area contributed by atoms with E-state index in [4.69, 9.17) is 10.5 Å². The SMILES string of the molecule is CC1Cc2ccccc2N1C(=O)COC(=O)c1ccc([N+](=O)[O-])cc1N. The number of carbonyl (C=O) groups excluding carboxylic acids is 2. The van der Waals surface area contributed by atoms with Crippen molar-refractivity contribution < 1.29 is 19.2 Å². The molecule has 0 aromatic heterocycles. The highest BCUT2D eigenvalue weighted by Crippen LogP contribution is 2.31. The quantitative estimate of drug-likeness (QED) is 0.389. The third kappa shape index (κ3) is 3.21. The van der Waals surface area contributed by atoms with Crippen LogP contribution in [-0.2, 0) is 16.0 Å². The van der Waals surface area contributed by atoms with E-state index in [2.05, 4.69) is 0 Å². The number of para-hydroxylation sites is 1. The summed E-state index contributed by atoms with van der Waals surface area (Å²) in [5.74, 6) is -1.14. The Bertz CT molecular complexity index is 896. The molecule has 1 atom stereocenters. The number of amides is 1. The van der Waals surface area contributed by atoms with E-state index in [0.717, 1.165) is 29.8 Å². The van der Waals surface area contributed by atoms with Crippen molar-refractivity contribution in [2.24, 2.45) is 0 Å². The lowest BCUT2D eigenvalue weighted by Gasteiger charge is -2.22. The van der Waals surface area contributed by atoms with Gasteiger partial charge in [0.25, 0.3) is 11.6 Å². The van der Waals surface area contributed by atoms with Gasteiger partial charge in [-0.2, -0.15) is 0 Å². The molecule has 0 spiro atoms. The first-order valence-electron chi connectivity index (χ1n) is 7.99. The largest absolute Gasteiger partial charge is 0.452 e. The van der Waals surface area contributed by atoms with Crippen LogP contribution in [-0.4, -0.2) is 29.4 Å². The fraction of sp³-hybridized carbons (Fsp3) is 0.222. The first-order valence-corrected chi connectivity index (χ1v) is 7.99. The molecule has 2 N–H and O–H groups in total. The number of nitrogens with two attached hydrogens (primary N) is 1. The highest BCUT2D eigenvalue weighted by Gasteiger charge is 2.31. The molecule has 0 saturated carbocycles. The maximum atomic E-state index is 12.5. The van der Waals surface area contributed by atoms with Crippen molar-refractivity contribution in [3.63, 3.8) is 0 Å². The minimum atomic E-state index is -0.800. The van der Waals surface area contributed by atoms with Crippen molar-refractivity contribution in [3.05, 3.63) is 63.7 Å². The number of rotatable bonds is 4. The van der Waals surface area contributed by atoms with Gasteiger partial charge in [-0.15, -0.1) is 0 Å². The average Bonchev–Trinajstić information content (AvgIpc) is 2.95. The molecule has 0 fully saturated rings. The van der Waals surface area contributed by atoms with Gasteiger partial charge >= 0.3 is 5.97 Å². The Labute approximate surface area is 149 Å². The van der Waals surface area contributed by atoms with Gasteiger partial charge in [-0.3, -0.25) is 14.9 Å². The third-order valence-electron chi connectivity index (χ3n) is 4.27. The number of ether oxygens (including phenoxy) is 1. The predicted octanol–water partition coefficient (Wildman–Crippen LogP) is 2.31. The van der Waals surface area contributed by atoms with Crippen molar-refractivity contribution in [3.8, 4) is 0 Å². The van der Waals surface area contributed by atoms with E-state index in [0.29, 0.717) is 0 Å². The number of esters is 1. The van der Waals surface area contributed by atoms with Crippen molar-refractivity contribution in [1.82, 2.24) is 0 Å². The number of anilines is 2. The van der Waals surface area contributed by atoms with Crippen LogP contribution in [0.2, 0.25) is 0 Å². The van der Waals surface area contributed by atoms with E-state index >= 15 is 0 Å². The molecule has 2 aromatic carbocycles. The van der Waals surface area contributed by atoms with Crippen LogP contribution in [0.1, 0.15) is 22.8 Å². The van der Waals surface area contributed by atoms with E-state index in [1.165, 1.54) is 6.07 Å². The molecule has 1 unspecified atom stereocenters. The Balaban J connectivity index is 1.68. The molecule has 1 heterocycles. The fourth-order valence-corrected chi connectivity index (χ4v) is 3.07. The Kier molecular flexibility index (Phi) is 4.57. The average molecular weight is 355 g/mol. The molecule has 8 nitrogen and oxygen atoms in total. The van der Waals surface area contributed by atoms with Crippen LogP contribution in [0.15, 0.2) is 42.5 Å². The zero-order valence-electron chi connectivity index (χ0n) is 14.0. The first kappa shape index (κ1) is 17.4. The van der Waals surface area contributed by atoms with Gasteiger partial charge in [-0.1, -0.05) is 18.2 Å². The number of hydrogen-bond acceptors (Lipinski definition) is 6. The lowest BCUT2D eigenvalue weighted by atomic mass is 10.1. The number of nitro benzene ring substituents is 1. The van der Waals surface area contributed by atoms with Gasteiger partial charge in [-0.25, -0.2) is 4.79 Å². The van der Waals surface area contributed by atoms with Crippen LogP contribution in [0.4, 0.5) is 17.1 Å². The fourth-order valence-electron chi connectivity index (χ4n) is 3.07. The number of non-ortho nitro benzene ring substituents is 1. The molecular weight excluding hydrogens is 338 g/mol. The molecule has 3 rings (SSSR count). The van der Waals surface area contributed by atoms with E-state index in [1.54, 1.807) is 4.90 Å². The Hall–Kier alpha value is -3.42. The summed E-state index contributed by atoms with van der Waals surface area (Å²) in [5, 5.41) is 10.7. The monoisotopic (exact) mass is 355 g/mol. The summed E-state index contributed by atoms with van der Waals surface area (Å²) in [6, 6.07) is 11.0. The molecule has 2 aromatic rings. The summed E-state index contributed by atoms with van der Waals surface area (Å²) in [6.45, 7) is 1.49. The first-order chi connectivity index (χ1) is 12.4. The number of benzene rings is 2. The lowest BCUT2D eigenvalue weighted by Crippen LogP contribution is -2.38. The summed E-state index contributed by atoms with van der Waals surface area (Å²) in [7, 11) is 0. The van der Waals surface area contributed by atoms with Crippen LogP contribution in [0.5, 0.6) is 0 Å². The smallest absolute Gasteiger partial charge is 0.340 e. The van der Waals surface area contributed by atoms with Crippen molar-refractivity contribution in [2.45, 2.75) is 19.4 Å². The summed E-state index contributed by atoms with van der Waals surface area (Å²) in [4.78, 5) is 36.4. The Morgan fingerprint density at radius 2 is 2.04 bits per heavy atom. The highest BCUT2D eigenvalue weighted by molar-refractivity contribution is 6.00. The second-order valence-corrected chi connectivity index (χ2v) is 6.05. The van der Waals surface area contributed by atoms with Crippen LogP contribution >= 0.6 is 0 Å². The molecule has 134 valence electrons. The topological polar surface area (TPSA) is 116 Å². The normalized spacial score (nSPS) is 15.4. The number of nitrogens with zero attached hydrogens (tertiary/aromatic N) is 2. The molecular formula is C18H17N3O5. The van der Waals surface area contributed by atoms with Crippen LogP contribution in [0, 0.1) is 10.1 Å². The van der Waals surface area contributed by atoms with Gasteiger partial charge in [0.2, 0.25) is 0 Å². The molecule has 26 heavy (non-hydrogen) atoms. The molecule has 0 aliphatic carbocycles. The number of carbonyl (C=O) groups is 2.